The van der Waals surface area contributed by atoms with E-state index < -0.39 is 8.07 Å². The molecule has 0 aliphatic heterocycles. The van der Waals surface area contributed by atoms with Crippen LogP contribution in [0.5, 0.6) is 0 Å². The lowest BCUT2D eigenvalue weighted by atomic mass is 10.1. The van der Waals surface area contributed by atoms with E-state index in [2.05, 4.69) is 24.6 Å². The predicted molar refractivity (Wildman–Crippen MR) is 72.7 cm³/mol. The van der Waals surface area contributed by atoms with Gasteiger partial charge in [0.1, 0.15) is 0 Å². The third kappa shape index (κ3) is 2.39. The molecule has 0 saturated carbocycles. The zero-order valence-corrected chi connectivity index (χ0v) is 10.7. The molecule has 1 aromatic heterocycles. The van der Waals surface area contributed by atoms with Crippen LogP contribution in [0.15, 0.2) is 48.5 Å². The van der Waals surface area contributed by atoms with Gasteiger partial charge in [-0.05, 0) is 11.3 Å². The molecule has 16 heavy (non-hydrogen) atoms. The van der Waals surface area contributed by atoms with Crippen molar-refractivity contribution < 1.29 is 6.85 Å². The molecule has 2 rings (SSSR count). The van der Waals surface area contributed by atoms with E-state index in [1.54, 1.807) is 12.3 Å². The second kappa shape index (κ2) is 4.22. The van der Waals surface area contributed by atoms with Crippen molar-refractivity contribution in [1.82, 2.24) is 4.98 Å². The van der Waals surface area contributed by atoms with Gasteiger partial charge < -0.3 is 0 Å². The summed E-state index contributed by atoms with van der Waals surface area (Å²) in [5.41, 5.74) is 0.567. The zero-order chi connectivity index (χ0) is 15.9. The van der Waals surface area contributed by atoms with Gasteiger partial charge in [0, 0.05) is 11.8 Å². The maximum atomic E-state index is 7.95. The first-order valence-electron chi connectivity index (χ1n) is 7.68. The van der Waals surface area contributed by atoms with Gasteiger partial charge in [-0.3, -0.25) is 4.98 Å². The largest absolute Gasteiger partial charge is 0.256 e. The molecule has 0 fully saturated rings. The van der Waals surface area contributed by atoms with Crippen LogP contribution in [0.4, 0.5) is 0 Å². The Bertz CT molecular complexity index is 663. The standard InChI is InChI=1S/C14H17NSi/c1-16(2,3)13-9-10-14(15-11-13)12-7-5-4-6-8-12/h4-11H,1-3H3/i4D,5D,6D,7D,8D. The number of hydrogen-bond donors (Lipinski definition) is 0. The Balaban J connectivity index is 2.63. The minimum absolute atomic E-state index is 0.156. The molecule has 0 radical (unpaired) electrons. The molecule has 0 saturated heterocycles. The first kappa shape index (κ1) is 6.35. The summed E-state index contributed by atoms with van der Waals surface area (Å²) >= 11 is 0. The van der Waals surface area contributed by atoms with Crippen molar-refractivity contribution >= 4 is 13.3 Å². The van der Waals surface area contributed by atoms with Gasteiger partial charge in [0.05, 0.1) is 20.6 Å². The minimum Gasteiger partial charge on any atom is -0.256 e. The van der Waals surface area contributed by atoms with E-state index in [1.807, 2.05) is 6.07 Å². The van der Waals surface area contributed by atoms with Gasteiger partial charge in [-0.2, -0.15) is 0 Å². The van der Waals surface area contributed by atoms with Crippen LogP contribution in [0, 0.1) is 0 Å². The van der Waals surface area contributed by atoms with Crippen molar-refractivity contribution in [2.75, 3.05) is 0 Å². The summed E-state index contributed by atoms with van der Waals surface area (Å²) in [5.74, 6) is 0. The molecule has 0 unspecified atom stereocenters. The minimum atomic E-state index is -1.48. The molecule has 2 aromatic rings. The zero-order valence-electron chi connectivity index (χ0n) is 14.7. The van der Waals surface area contributed by atoms with Crippen LogP contribution < -0.4 is 5.19 Å². The molecule has 0 spiro atoms. The average molecular weight is 232 g/mol. The van der Waals surface area contributed by atoms with Gasteiger partial charge in [0.2, 0.25) is 0 Å². The van der Waals surface area contributed by atoms with Crippen LogP contribution in [0.1, 0.15) is 6.85 Å². The van der Waals surface area contributed by atoms with E-state index in [0.29, 0.717) is 5.69 Å². The Labute approximate surface area is 105 Å². The van der Waals surface area contributed by atoms with Crippen LogP contribution in [0.25, 0.3) is 11.3 Å². The summed E-state index contributed by atoms with van der Waals surface area (Å²) in [6.45, 7) is 6.61. The van der Waals surface area contributed by atoms with Crippen molar-refractivity contribution in [3.8, 4) is 11.3 Å². The lowest BCUT2D eigenvalue weighted by Gasteiger charge is -2.16. The highest BCUT2D eigenvalue weighted by molar-refractivity contribution is 6.88. The third-order valence-corrected chi connectivity index (χ3v) is 4.41. The molecule has 1 heterocycles. The first-order valence-corrected chi connectivity index (χ1v) is 8.68. The second-order valence-corrected chi connectivity index (χ2v) is 9.76. The van der Waals surface area contributed by atoms with E-state index >= 15 is 0 Å². The molecule has 0 aliphatic carbocycles. The number of rotatable bonds is 2. The summed E-state index contributed by atoms with van der Waals surface area (Å²) in [6.07, 6.45) is 1.75. The lowest BCUT2D eigenvalue weighted by Crippen LogP contribution is -2.37. The molecule has 0 atom stereocenters. The SMILES string of the molecule is [2H]c1c([2H])c([2H])c(-c2ccc([Si](C)(C)C)cn2)c([2H])c1[2H]. The Morgan fingerprint density at radius 3 is 2.25 bits per heavy atom. The van der Waals surface area contributed by atoms with Gasteiger partial charge in [0.25, 0.3) is 0 Å². The fourth-order valence-corrected chi connectivity index (χ4v) is 2.40. The fraction of sp³-hybridized carbons (Fsp3) is 0.214. The number of hydrogen-bond acceptors (Lipinski definition) is 1. The fourth-order valence-electron chi connectivity index (χ4n) is 1.36. The molecule has 1 nitrogen and oxygen atoms in total. The maximum absolute atomic E-state index is 7.95. The van der Waals surface area contributed by atoms with Crippen molar-refractivity contribution in [2.24, 2.45) is 0 Å². The van der Waals surface area contributed by atoms with E-state index in [4.69, 9.17) is 6.85 Å². The lowest BCUT2D eigenvalue weighted by molar-refractivity contribution is 1.34. The van der Waals surface area contributed by atoms with E-state index in [9.17, 15) is 0 Å². The summed E-state index contributed by atoms with van der Waals surface area (Å²) in [6, 6.07) is 2.21. The van der Waals surface area contributed by atoms with E-state index in [0.717, 1.165) is 0 Å². The molecule has 82 valence electrons. The first-order chi connectivity index (χ1) is 9.64. The topological polar surface area (TPSA) is 12.9 Å². The molecule has 0 amide bonds. The average Bonchev–Trinajstić information content (AvgIpc) is 2.43. The van der Waals surface area contributed by atoms with Crippen LogP contribution >= 0.6 is 0 Å². The van der Waals surface area contributed by atoms with Crippen LogP contribution in [0.3, 0.4) is 0 Å². The second-order valence-electron chi connectivity index (χ2n) is 4.68. The normalized spacial score (nSPS) is 15.8. The molecule has 0 N–H and O–H groups in total. The smallest absolute Gasteiger partial charge is 0.0796 e. The summed E-state index contributed by atoms with van der Waals surface area (Å²) in [4.78, 5) is 4.32. The van der Waals surface area contributed by atoms with Gasteiger partial charge in [0.15, 0.2) is 0 Å². The van der Waals surface area contributed by atoms with Crippen molar-refractivity contribution in [2.45, 2.75) is 19.6 Å². The Morgan fingerprint density at radius 2 is 1.75 bits per heavy atom. The molecule has 1 aromatic carbocycles. The van der Waals surface area contributed by atoms with Crippen molar-refractivity contribution in [3.63, 3.8) is 0 Å². The van der Waals surface area contributed by atoms with Crippen LogP contribution in [0.2, 0.25) is 19.6 Å². The Kier molecular flexibility index (Phi) is 1.68. The monoisotopic (exact) mass is 232 g/mol. The highest BCUT2D eigenvalue weighted by Crippen LogP contribution is 2.15. The van der Waals surface area contributed by atoms with Gasteiger partial charge >= 0.3 is 0 Å². The number of benzene rings is 1. The maximum Gasteiger partial charge on any atom is 0.0796 e. The number of aromatic nitrogens is 1. The van der Waals surface area contributed by atoms with Crippen LogP contribution in [-0.2, 0) is 0 Å². The summed E-state index contributed by atoms with van der Waals surface area (Å²) in [7, 11) is -1.48. The Hall–Kier alpha value is -1.41. The van der Waals surface area contributed by atoms with E-state index in [-0.39, 0.29) is 35.8 Å². The van der Waals surface area contributed by atoms with E-state index in [1.165, 1.54) is 5.19 Å². The predicted octanol–water partition coefficient (Wildman–Crippen LogP) is 3.29. The van der Waals surface area contributed by atoms with Crippen LogP contribution in [-0.4, -0.2) is 13.1 Å². The molecule has 0 aliphatic rings. The van der Waals surface area contributed by atoms with Gasteiger partial charge in [-0.25, -0.2) is 0 Å². The van der Waals surface area contributed by atoms with Gasteiger partial charge in [-0.1, -0.05) is 55.9 Å². The molecular formula is C14H17NSi. The molecule has 2 heteroatoms. The molecular weight excluding hydrogens is 210 g/mol. The van der Waals surface area contributed by atoms with Crippen molar-refractivity contribution in [3.05, 3.63) is 48.5 Å². The highest BCUT2D eigenvalue weighted by atomic mass is 28.3. The van der Waals surface area contributed by atoms with Gasteiger partial charge in [-0.15, -0.1) is 0 Å². The molecule has 0 bridgehead atoms. The third-order valence-electron chi connectivity index (χ3n) is 2.39. The summed E-state index contributed by atoms with van der Waals surface area (Å²) < 4.78 is 38.9. The Morgan fingerprint density at radius 1 is 1.06 bits per heavy atom. The summed E-state index contributed by atoms with van der Waals surface area (Å²) in [5, 5.41) is 1.17. The highest BCUT2D eigenvalue weighted by Gasteiger charge is 2.16. The van der Waals surface area contributed by atoms with Crippen molar-refractivity contribution in [1.29, 1.82) is 0 Å². The quantitative estimate of drug-likeness (QED) is 0.724. The number of nitrogens with zero attached hydrogens (tertiary/aromatic N) is 1. The number of pyridine rings is 1.